The number of nitrogens with zero attached hydrogens (tertiary/aromatic N) is 1. The van der Waals surface area contributed by atoms with E-state index < -0.39 is 0 Å². The predicted molar refractivity (Wildman–Crippen MR) is 67.1 cm³/mol. The van der Waals surface area contributed by atoms with Gasteiger partial charge in [0.1, 0.15) is 0 Å². The molecule has 0 fully saturated rings. The third-order valence-electron chi connectivity index (χ3n) is 1.94. The maximum absolute atomic E-state index is 6.11. The Kier molecular flexibility index (Phi) is 3.14. The van der Waals surface area contributed by atoms with Crippen molar-refractivity contribution < 1.29 is 0 Å². The van der Waals surface area contributed by atoms with Crippen LogP contribution in [0.2, 0.25) is 10.0 Å². The Labute approximate surface area is 102 Å². The van der Waals surface area contributed by atoms with Crippen LogP contribution in [0.1, 0.15) is 0 Å². The molecule has 2 nitrogen and oxygen atoms in total. The first-order chi connectivity index (χ1) is 7.22. The molecule has 1 heterocycles. The predicted octanol–water partition coefficient (Wildman–Crippen LogP) is 4.16. The van der Waals surface area contributed by atoms with Crippen LogP contribution in [0.15, 0.2) is 24.4 Å². The summed E-state index contributed by atoms with van der Waals surface area (Å²) in [6.45, 7) is 0. The molecule has 2 aromatic rings. The van der Waals surface area contributed by atoms with Crippen molar-refractivity contribution in [2.24, 2.45) is 0 Å². The summed E-state index contributed by atoms with van der Waals surface area (Å²) < 4.78 is 0. The van der Waals surface area contributed by atoms with Gasteiger partial charge in [0.15, 0.2) is 5.13 Å². The molecule has 0 unspecified atom stereocenters. The summed E-state index contributed by atoms with van der Waals surface area (Å²) in [7, 11) is 1.84. The van der Waals surface area contributed by atoms with Crippen molar-refractivity contribution in [2.45, 2.75) is 0 Å². The lowest BCUT2D eigenvalue weighted by Gasteiger charge is -2.01. The molecule has 2 rings (SSSR count). The van der Waals surface area contributed by atoms with Crippen LogP contribution in [0.4, 0.5) is 5.13 Å². The van der Waals surface area contributed by atoms with E-state index in [4.69, 9.17) is 23.2 Å². The zero-order valence-electron chi connectivity index (χ0n) is 7.92. The first kappa shape index (κ1) is 10.7. The summed E-state index contributed by atoms with van der Waals surface area (Å²) in [6.07, 6.45) is 1.79. The van der Waals surface area contributed by atoms with E-state index in [2.05, 4.69) is 10.3 Å². The second kappa shape index (κ2) is 4.39. The molecule has 0 aliphatic carbocycles. The molecule has 0 atom stereocenters. The van der Waals surface area contributed by atoms with Gasteiger partial charge in [-0.15, -0.1) is 0 Å². The van der Waals surface area contributed by atoms with E-state index in [0.717, 1.165) is 15.6 Å². The number of anilines is 1. The largest absolute Gasteiger partial charge is 0.365 e. The fourth-order valence-electron chi connectivity index (χ4n) is 1.21. The van der Waals surface area contributed by atoms with E-state index in [-0.39, 0.29) is 0 Å². The molecule has 5 heteroatoms. The smallest absolute Gasteiger partial charge is 0.182 e. The minimum Gasteiger partial charge on any atom is -0.365 e. The summed E-state index contributed by atoms with van der Waals surface area (Å²) in [6, 6.07) is 5.58. The Balaban J connectivity index is 2.49. The first-order valence-corrected chi connectivity index (χ1v) is 5.87. The minimum absolute atomic E-state index is 0.563. The summed E-state index contributed by atoms with van der Waals surface area (Å²) in [5, 5.41) is 4.98. The molecule has 0 aliphatic rings. The van der Waals surface area contributed by atoms with E-state index in [1.807, 2.05) is 19.2 Å². The average molecular weight is 259 g/mol. The third-order valence-corrected chi connectivity index (χ3v) is 3.80. The van der Waals surface area contributed by atoms with Crippen molar-refractivity contribution in [3.63, 3.8) is 0 Å². The second-order valence-corrected chi connectivity index (χ2v) is 4.70. The maximum atomic E-state index is 6.11. The van der Waals surface area contributed by atoms with Crippen molar-refractivity contribution in [3.05, 3.63) is 34.4 Å². The van der Waals surface area contributed by atoms with Gasteiger partial charge in [0.05, 0.1) is 14.9 Å². The highest BCUT2D eigenvalue weighted by molar-refractivity contribution is 7.18. The van der Waals surface area contributed by atoms with Gasteiger partial charge in [-0.25, -0.2) is 4.98 Å². The second-order valence-electron chi connectivity index (χ2n) is 2.88. The van der Waals surface area contributed by atoms with Gasteiger partial charge in [0.25, 0.3) is 0 Å². The molecule has 0 aliphatic heterocycles. The molecule has 0 radical (unpaired) electrons. The first-order valence-electron chi connectivity index (χ1n) is 4.30. The number of thiazole rings is 1. The Hall–Kier alpha value is -0.770. The molecular formula is C10H8Cl2N2S. The molecule has 1 aromatic carbocycles. The van der Waals surface area contributed by atoms with Gasteiger partial charge in [-0.3, -0.25) is 0 Å². The summed E-state index contributed by atoms with van der Waals surface area (Å²) in [4.78, 5) is 5.19. The van der Waals surface area contributed by atoms with Crippen LogP contribution in [0.25, 0.3) is 10.4 Å². The molecule has 0 saturated carbocycles. The molecule has 0 spiro atoms. The topological polar surface area (TPSA) is 24.9 Å². The van der Waals surface area contributed by atoms with E-state index in [1.54, 1.807) is 23.6 Å². The molecule has 1 N–H and O–H groups in total. The summed E-state index contributed by atoms with van der Waals surface area (Å²) in [5.74, 6) is 0. The van der Waals surface area contributed by atoms with E-state index in [1.165, 1.54) is 0 Å². The fourth-order valence-corrected chi connectivity index (χ4v) is 2.47. The number of rotatable bonds is 2. The SMILES string of the molecule is CNc1ncc(-c2cccc(Cl)c2Cl)s1. The molecule has 0 saturated heterocycles. The van der Waals surface area contributed by atoms with Gasteiger partial charge >= 0.3 is 0 Å². The fraction of sp³-hybridized carbons (Fsp3) is 0.100. The van der Waals surface area contributed by atoms with Gasteiger partial charge in [0.2, 0.25) is 0 Å². The normalized spacial score (nSPS) is 10.3. The van der Waals surface area contributed by atoms with E-state index >= 15 is 0 Å². The van der Waals surface area contributed by atoms with Crippen LogP contribution >= 0.6 is 34.5 Å². The maximum Gasteiger partial charge on any atom is 0.182 e. The van der Waals surface area contributed by atoms with Gasteiger partial charge in [-0.05, 0) is 6.07 Å². The average Bonchev–Trinajstić information content (AvgIpc) is 2.70. The van der Waals surface area contributed by atoms with Crippen LogP contribution in [-0.2, 0) is 0 Å². The lowest BCUT2D eigenvalue weighted by atomic mass is 10.2. The quantitative estimate of drug-likeness (QED) is 0.875. The summed E-state index contributed by atoms with van der Waals surface area (Å²) >= 11 is 13.6. The van der Waals surface area contributed by atoms with Crippen LogP contribution in [0.5, 0.6) is 0 Å². The highest BCUT2D eigenvalue weighted by Crippen LogP contribution is 2.37. The highest BCUT2D eigenvalue weighted by atomic mass is 35.5. The van der Waals surface area contributed by atoms with Crippen LogP contribution < -0.4 is 5.32 Å². The number of aromatic nitrogens is 1. The summed E-state index contributed by atoms with van der Waals surface area (Å²) in [5.41, 5.74) is 0.920. The van der Waals surface area contributed by atoms with Gasteiger partial charge in [0, 0.05) is 18.8 Å². The highest BCUT2D eigenvalue weighted by Gasteiger charge is 2.09. The zero-order chi connectivity index (χ0) is 10.8. The van der Waals surface area contributed by atoms with Gasteiger partial charge < -0.3 is 5.32 Å². The number of benzene rings is 1. The molecule has 0 amide bonds. The van der Waals surface area contributed by atoms with Crippen molar-refractivity contribution in [1.82, 2.24) is 4.98 Å². The number of hydrogen-bond acceptors (Lipinski definition) is 3. The Bertz CT molecular complexity index is 482. The molecule has 0 bridgehead atoms. The van der Waals surface area contributed by atoms with E-state index in [0.29, 0.717) is 10.0 Å². The monoisotopic (exact) mass is 258 g/mol. The van der Waals surface area contributed by atoms with Crippen molar-refractivity contribution in [3.8, 4) is 10.4 Å². The van der Waals surface area contributed by atoms with Crippen LogP contribution in [0.3, 0.4) is 0 Å². The van der Waals surface area contributed by atoms with Gasteiger partial charge in [-0.2, -0.15) is 0 Å². The van der Waals surface area contributed by atoms with Crippen molar-refractivity contribution >= 4 is 39.7 Å². The minimum atomic E-state index is 0.563. The zero-order valence-corrected chi connectivity index (χ0v) is 10.2. The van der Waals surface area contributed by atoms with Gasteiger partial charge in [-0.1, -0.05) is 46.7 Å². The number of halogens is 2. The lowest BCUT2D eigenvalue weighted by Crippen LogP contribution is -1.83. The number of nitrogens with one attached hydrogen (secondary N) is 1. The van der Waals surface area contributed by atoms with Crippen molar-refractivity contribution in [2.75, 3.05) is 12.4 Å². The molecular weight excluding hydrogens is 251 g/mol. The van der Waals surface area contributed by atoms with Crippen molar-refractivity contribution in [1.29, 1.82) is 0 Å². The Morgan fingerprint density at radius 1 is 1.33 bits per heavy atom. The molecule has 15 heavy (non-hydrogen) atoms. The molecule has 1 aromatic heterocycles. The Morgan fingerprint density at radius 3 is 2.80 bits per heavy atom. The van der Waals surface area contributed by atoms with Crippen LogP contribution in [-0.4, -0.2) is 12.0 Å². The molecule has 78 valence electrons. The van der Waals surface area contributed by atoms with Crippen LogP contribution in [0, 0.1) is 0 Å². The number of hydrogen-bond donors (Lipinski definition) is 1. The van der Waals surface area contributed by atoms with E-state index in [9.17, 15) is 0 Å². The standard InChI is InChI=1S/C10H8Cl2N2S/c1-13-10-14-5-8(15-10)6-3-2-4-7(11)9(6)12/h2-5H,1H3,(H,13,14). The Morgan fingerprint density at radius 2 is 2.13 bits per heavy atom. The third kappa shape index (κ3) is 2.09. The lowest BCUT2D eigenvalue weighted by molar-refractivity contribution is 1.37.